The zero-order valence-corrected chi connectivity index (χ0v) is 19.9. The normalized spacial score (nSPS) is 17.5. The van der Waals surface area contributed by atoms with Crippen LogP contribution >= 0.6 is 0 Å². The summed E-state index contributed by atoms with van der Waals surface area (Å²) in [7, 11) is 0. The lowest BCUT2D eigenvalue weighted by Gasteiger charge is -2.35. The van der Waals surface area contributed by atoms with Crippen molar-refractivity contribution in [2.45, 2.75) is 57.8 Å². The highest BCUT2D eigenvalue weighted by molar-refractivity contribution is 5.88. The number of unbranched alkanes of at least 4 members (excludes halogenated alkanes) is 2. The number of benzene rings is 1. The first kappa shape index (κ1) is 23.6. The Kier molecular flexibility index (Phi) is 6.20. The van der Waals surface area contributed by atoms with Gasteiger partial charge in [-0.2, -0.15) is 0 Å². The summed E-state index contributed by atoms with van der Waals surface area (Å²) in [6.45, 7) is 2.30. The molecule has 2 aliphatic heterocycles. The summed E-state index contributed by atoms with van der Waals surface area (Å²) < 4.78 is 12.8. The summed E-state index contributed by atoms with van der Waals surface area (Å²) in [5.74, 6) is -1.22. The van der Waals surface area contributed by atoms with Crippen LogP contribution in [0.2, 0.25) is 0 Å². The molecule has 0 saturated carbocycles. The fourth-order valence-electron chi connectivity index (χ4n) is 5.00. The van der Waals surface area contributed by atoms with Crippen LogP contribution < -0.4 is 5.56 Å². The molecule has 2 aliphatic rings. The lowest BCUT2D eigenvalue weighted by atomic mass is 9.85. The van der Waals surface area contributed by atoms with Gasteiger partial charge in [0.05, 0.1) is 29.0 Å². The van der Waals surface area contributed by atoms with Gasteiger partial charge in [0.15, 0.2) is 0 Å². The first-order valence-electron chi connectivity index (χ1n) is 12.0. The van der Waals surface area contributed by atoms with Crippen LogP contribution in [0.15, 0.2) is 46.3 Å². The van der Waals surface area contributed by atoms with Gasteiger partial charge in [-0.25, -0.2) is 9.78 Å². The fraction of sp³-hybridized carbons (Fsp3) is 0.385. The van der Waals surface area contributed by atoms with Crippen molar-refractivity contribution in [2.75, 3.05) is 6.54 Å². The molecular formula is C26H25N5O5. The minimum Gasteiger partial charge on any atom is -0.457 e. The number of azide groups is 1. The van der Waals surface area contributed by atoms with Crippen molar-refractivity contribution in [1.29, 1.82) is 0 Å². The van der Waals surface area contributed by atoms with E-state index in [0.29, 0.717) is 54.9 Å². The van der Waals surface area contributed by atoms with Crippen LogP contribution in [0, 0.1) is 0 Å². The van der Waals surface area contributed by atoms with E-state index in [-0.39, 0.29) is 25.0 Å². The first-order valence-corrected chi connectivity index (χ1v) is 12.0. The van der Waals surface area contributed by atoms with Crippen molar-refractivity contribution in [3.05, 3.63) is 73.9 Å². The molecule has 0 spiro atoms. The lowest BCUT2D eigenvalue weighted by molar-refractivity contribution is -0.189. The van der Waals surface area contributed by atoms with E-state index in [4.69, 9.17) is 20.0 Å². The molecule has 0 saturated heterocycles. The van der Waals surface area contributed by atoms with Gasteiger partial charge in [-0.3, -0.25) is 9.59 Å². The monoisotopic (exact) mass is 487 g/mol. The van der Waals surface area contributed by atoms with Crippen molar-refractivity contribution in [2.24, 2.45) is 5.11 Å². The number of cyclic esters (lactones) is 1. The van der Waals surface area contributed by atoms with E-state index >= 15 is 0 Å². The Balaban J connectivity index is 1.50. The second kappa shape index (κ2) is 9.47. The summed E-state index contributed by atoms with van der Waals surface area (Å²) in [4.78, 5) is 46.9. The van der Waals surface area contributed by atoms with E-state index in [1.54, 1.807) is 17.6 Å². The third kappa shape index (κ3) is 3.89. The minimum atomic E-state index is -1.69. The molecule has 184 valence electrons. The van der Waals surface area contributed by atoms with Gasteiger partial charge in [-0.15, -0.1) is 0 Å². The van der Waals surface area contributed by atoms with Crippen LogP contribution in [-0.4, -0.2) is 28.0 Å². The topological polar surface area (TPSA) is 136 Å². The number of para-hydroxylation sites is 1. The Hall–Kier alpha value is -4.17. The standard InChI is InChI=1S/C26H25N5O5/c1-2-26(36-22(32)10-4-3-7-11-28-30-27)19-13-21-23-17(12-16-8-5-6-9-20(16)29-23)14-31(21)24(33)18(19)15-35-25(26)34/h5-6,8-9,12-13H,2-4,7,10-11,14-15H2,1H3/t26-/m0/s1. The van der Waals surface area contributed by atoms with E-state index in [9.17, 15) is 14.4 Å². The average molecular weight is 488 g/mol. The van der Waals surface area contributed by atoms with Crippen molar-refractivity contribution in [3.63, 3.8) is 0 Å². The number of rotatable bonds is 8. The summed E-state index contributed by atoms with van der Waals surface area (Å²) >= 11 is 0. The number of carbonyl (C=O) groups is 2. The molecule has 10 heteroatoms. The van der Waals surface area contributed by atoms with Gasteiger partial charge in [-0.1, -0.05) is 36.7 Å². The van der Waals surface area contributed by atoms with Crippen molar-refractivity contribution in [3.8, 4) is 11.4 Å². The quantitative estimate of drug-likeness (QED) is 0.118. The second-order valence-electron chi connectivity index (χ2n) is 9.00. The Morgan fingerprint density at radius 2 is 2.08 bits per heavy atom. The number of esters is 2. The number of carbonyl (C=O) groups excluding carboxylic acids is 2. The molecule has 1 aromatic carbocycles. The third-order valence-corrected chi connectivity index (χ3v) is 6.87. The molecule has 36 heavy (non-hydrogen) atoms. The minimum absolute atomic E-state index is 0.0981. The van der Waals surface area contributed by atoms with Crippen LogP contribution in [0.5, 0.6) is 0 Å². The molecule has 1 atom stereocenters. The third-order valence-electron chi connectivity index (χ3n) is 6.87. The number of pyridine rings is 2. The number of ether oxygens (including phenoxy) is 2. The number of aromatic nitrogens is 2. The number of fused-ring (bicyclic) bond motifs is 5. The molecule has 5 rings (SSSR count). The van der Waals surface area contributed by atoms with Gasteiger partial charge >= 0.3 is 11.9 Å². The van der Waals surface area contributed by atoms with Crippen LogP contribution in [0.3, 0.4) is 0 Å². The first-order chi connectivity index (χ1) is 17.5. The number of hydrogen-bond acceptors (Lipinski definition) is 7. The lowest BCUT2D eigenvalue weighted by Crippen LogP contribution is -2.47. The second-order valence-corrected chi connectivity index (χ2v) is 9.00. The maximum absolute atomic E-state index is 13.5. The number of nitrogens with zero attached hydrogens (tertiary/aromatic N) is 5. The molecule has 0 amide bonds. The zero-order chi connectivity index (χ0) is 25.3. The smallest absolute Gasteiger partial charge is 0.355 e. The van der Waals surface area contributed by atoms with E-state index in [2.05, 4.69) is 10.0 Å². The van der Waals surface area contributed by atoms with Gasteiger partial charge in [0.2, 0.25) is 5.60 Å². The molecule has 0 radical (unpaired) electrons. The summed E-state index contributed by atoms with van der Waals surface area (Å²) in [5.41, 5.74) is 10.1. The molecule has 0 bridgehead atoms. The SMILES string of the molecule is CC[C@@]1(OC(=O)CCCCCN=[N+]=[N-])C(=O)OCc2c1cc1n(c2=O)Cc2cc3ccccc3nc2-1. The van der Waals surface area contributed by atoms with Crippen molar-refractivity contribution in [1.82, 2.24) is 9.55 Å². The highest BCUT2D eigenvalue weighted by atomic mass is 16.6. The van der Waals surface area contributed by atoms with E-state index in [1.807, 2.05) is 30.3 Å². The van der Waals surface area contributed by atoms with E-state index in [1.165, 1.54) is 0 Å². The maximum atomic E-state index is 13.5. The van der Waals surface area contributed by atoms with Gasteiger partial charge in [0.25, 0.3) is 5.56 Å². The predicted octanol–water partition coefficient (Wildman–Crippen LogP) is 4.50. The molecule has 0 fully saturated rings. The fourth-order valence-corrected chi connectivity index (χ4v) is 5.00. The molecule has 0 N–H and O–H groups in total. The summed E-state index contributed by atoms with van der Waals surface area (Å²) in [6, 6.07) is 11.5. The van der Waals surface area contributed by atoms with Crippen LogP contribution in [0.4, 0.5) is 0 Å². The predicted molar refractivity (Wildman–Crippen MR) is 131 cm³/mol. The van der Waals surface area contributed by atoms with Crippen molar-refractivity contribution < 1.29 is 19.1 Å². The summed E-state index contributed by atoms with van der Waals surface area (Å²) in [5, 5.41) is 4.46. The molecule has 2 aromatic heterocycles. The van der Waals surface area contributed by atoms with Gasteiger partial charge in [0, 0.05) is 34.4 Å². The Bertz CT molecular complexity index is 1490. The van der Waals surface area contributed by atoms with E-state index in [0.717, 1.165) is 16.5 Å². The summed E-state index contributed by atoms with van der Waals surface area (Å²) in [6.07, 6.45) is 2.09. The largest absolute Gasteiger partial charge is 0.457 e. The van der Waals surface area contributed by atoms with Crippen molar-refractivity contribution >= 4 is 22.8 Å². The Labute approximate surface area is 206 Å². The van der Waals surface area contributed by atoms with Crippen LogP contribution in [0.1, 0.15) is 55.7 Å². The Morgan fingerprint density at radius 1 is 1.25 bits per heavy atom. The molecule has 0 unspecified atom stereocenters. The molecular weight excluding hydrogens is 462 g/mol. The molecule has 10 nitrogen and oxygen atoms in total. The van der Waals surface area contributed by atoms with Gasteiger partial charge in [-0.05, 0) is 43.0 Å². The highest BCUT2D eigenvalue weighted by Gasteiger charge is 2.50. The van der Waals surface area contributed by atoms with Gasteiger partial charge < -0.3 is 14.0 Å². The van der Waals surface area contributed by atoms with Crippen LogP contribution in [0.25, 0.3) is 32.7 Å². The van der Waals surface area contributed by atoms with Gasteiger partial charge in [0.1, 0.15) is 6.61 Å². The van der Waals surface area contributed by atoms with Crippen LogP contribution in [-0.2, 0) is 37.8 Å². The molecule has 0 aliphatic carbocycles. The zero-order valence-electron chi connectivity index (χ0n) is 19.9. The average Bonchev–Trinajstić information content (AvgIpc) is 3.24. The number of hydrogen-bond donors (Lipinski definition) is 0. The maximum Gasteiger partial charge on any atom is 0.355 e. The molecule has 4 heterocycles. The Morgan fingerprint density at radius 3 is 2.89 bits per heavy atom. The molecule has 3 aromatic rings. The van der Waals surface area contributed by atoms with E-state index < -0.39 is 17.5 Å². The highest BCUT2D eigenvalue weighted by Crippen LogP contribution is 2.41.